The zero-order chi connectivity index (χ0) is 16.6. The van der Waals surface area contributed by atoms with Crippen molar-refractivity contribution in [2.24, 2.45) is 0 Å². The van der Waals surface area contributed by atoms with Crippen LogP contribution in [0.25, 0.3) is 0 Å². The van der Waals surface area contributed by atoms with Crippen molar-refractivity contribution >= 4 is 0 Å². The molecule has 0 N–H and O–H groups in total. The van der Waals surface area contributed by atoms with E-state index in [0.717, 1.165) is 55.6 Å². The molecule has 0 aromatic carbocycles. The average molecular weight is 318 g/mol. The Morgan fingerprint density at radius 3 is 1.96 bits per heavy atom. The molecule has 1 aliphatic heterocycles. The van der Waals surface area contributed by atoms with Crippen molar-refractivity contribution in [1.29, 1.82) is 0 Å². The maximum atomic E-state index is 5.29. The molecule has 0 spiro atoms. The Morgan fingerprint density at radius 2 is 1.48 bits per heavy atom. The number of nitrogens with zero attached hydrogens (tertiary/aromatic N) is 4. The molecule has 6 nitrogen and oxygen atoms in total. The maximum Gasteiger partial charge on any atom is 0.138 e. The minimum absolute atomic E-state index is 0.498. The van der Waals surface area contributed by atoms with Crippen molar-refractivity contribution < 1.29 is 9.05 Å². The van der Waals surface area contributed by atoms with Crippen LogP contribution in [0, 0.1) is 27.7 Å². The molecule has 0 aliphatic carbocycles. The van der Waals surface area contributed by atoms with Gasteiger partial charge in [-0.2, -0.15) is 0 Å². The molecule has 3 rings (SSSR count). The summed E-state index contributed by atoms with van der Waals surface area (Å²) >= 11 is 0. The smallest absolute Gasteiger partial charge is 0.138 e. The lowest BCUT2D eigenvalue weighted by atomic mass is 10.1. The summed E-state index contributed by atoms with van der Waals surface area (Å²) in [6.45, 7) is 15.3. The average Bonchev–Trinajstić information content (AvgIpc) is 2.99. The molecule has 0 unspecified atom stereocenters. The van der Waals surface area contributed by atoms with Crippen molar-refractivity contribution in [2.75, 3.05) is 19.6 Å². The minimum atomic E-state index is 0.498. The van der Waals surface area contributed by atoms with E-state index in [1.165, 1.54) is 11.1 Å². The molecule has 2 aromatic heterocycles. The minimum Gasteiger partial charge on any atom is -0.361 e. The van der Waals surface area contributed by atoms with Gasteiger partial charge in [0, 0.05) is 49.9 Å². The van der Waals surface area contributed by atoms with Gasteiger partial charge in [0.05, 0.1) is 11.4 Å². The predicted octanol–water partition coefficient (Wildman–Crippen LogP) is 2.60. The van der Waals surface area contributed by atoms with Crippen molar-refractivity contribution in [3.8, 4) is 0 Å². The third-order valence-electron chi connectivity index (χ3n) is 4.95. The molecular formula is C17H26N4O2. The fraction of sp³-hybridized carbons (Fsp3) is 0.647. The lowest BCUT2D eigenvalue weighted by molar-refractivity contribution is 0.0725. The Bertz CT molecular complexity index is 637. The first-order valence-corrected chi connectivity index (χ1v) is 8.25. The van der Waals surface area contributed by atoms with Gasteiger partial charge in [-0.15, -0.1) is 0 Å². The van der Waals surface area contributed by atoms with E-state index < -0.39 is 0 Å². The molecule has 0 saturated carbocycles. The molecule has 23 heavy (non-hydrogen) atoms. The summed E-state index contributed by atoms with van der Waals surface area (Å²) in [5.74, 6) is 1.88. The fourth-order valence-electron chi connectivity index (χ4n) is 3.33. The molecule has 1 aliphatic rings. The summed E-state index contributed by atoms with van der Waals surface area (Å²) in [4.78, 5) is 5.00. The number of hydrogen-bond donors (Lipinski definition) is 0. The summed E-state index contributed by atoms with van der Waals surface area (Å²) in [6, 6.07) is 0.498. The van der Waals surface area contributed by atoms with Crippen LogP contribution in [0.5, 0.6) is 0 Å². The SMILES string of the molecule is Cc1noc(C)c1CN1CCN(Cc2c(C)noc2C)[C@@H](C)C1. The third-order valence-corrected chi connectivity index (χ3v) is 4.95. The van der Waals surface area contributed by atoms with Crippen LogP contribution in [0.4, 0.5) is 0 Å². The normalized spacial score (nSPS) is 20.3. The van der Waals surface area contributed by atoms with Gasteiger partial charge < -0.3 is 9.05 Å². The van der Waals surface area contributed by atoms with Gasteiger partial charge in [0.1, 0.15) is 11.5 Å². The Kier molecular flexibility index (Phi) is 4.55. The Hall–Kier alpha value is -1.66. The monoisotopic (exact) mass is 318 g/mol. The van der Waals surface area contributed by atoms with Gasteiger partial charge in [0.25, 0.3) is 0 Å². The number of hydrogen-bond acceptors (Lipinski definition) is 6. The molecule has 126 valence electrons. The maximum absolute atomic E-state index is 5.29. The first-order chi connectivity index (χ1) is 11.0. The summed E-state index contributed by atoms with van der Waals surface area (Å²) in [5.41, 5.74) is 4.48. The van der Waals surface area contributed by atoms with Crippen molar-refractivity contribution in [3.05, 3.63) is 34.0 Å². The van der Waals surface area contributed by atoms with Gasteiger partial charge in [0.2, 0.25) is 0 Å². The van der Waals surface area contributed by atoms with Crippen LogP contribution in [-0.4, -0.2) is 45.8 Å². The van der Waals surface area contributed by atoms with Crippen LogP contribution in [0.2, 0.25) is 0 Å². The molecule has 1 atom stereocenters. The van der Waals surface area contributed by atoms with Crippen LogP contribution in [0.15, 0.2) is 9.05 Å². The summed E-state index contributed by atoms with van der Waals surface area (Å²) < 4.78 is 10.6. The van der Waals surface area contributed by atoms with E-state index in [-0.39, 0.29) is 0 Å². The molecular weight excluding hydrogens is 292 g/mol. The van der Waals surface area contributed by atoms with Gasteiger partial charge in [0.15, 0.2) is 0 Å². The van der Waals surface area contributed by atoms with Crippen LogP contribution in [0.3, 0.4) is 0 Å². The van der Waals surface area contributed by atoms with Gasteiger partial charge in [-0.05, 0) is 34.6 Å². The lowest BCUT2D eigenvalue weighted by Gasteiger charge is -2.39. The van der Waals surface area contributed by atoms with Gasteiger partial charge >= 0.3 is 0 Å². The predicted molar refractivity (Wildman–Crippen MR) is 87.1 cm³/mol. The fourth-order valence-corrected chi connectivity index (χ4v) is 3.33. The highest BCUT2D eigenvalue weighted by molar-refractivity contribution is 5.22. The van der Waals surface area contributed by atoms with Crippen LogP contribution in [-0.2, 0) is 13.1 Å². The quantitative estimate of drug-likeness (QED) is 0.863. The topological polar surface area (TPSA) is 58.5 Å². The number of piperazine rings is 1. The highest BCUT2D eigenvalue weighted by Crippen LogP contribution is 2.21. The molecule has 3 heterocycles. The molecule has 1 saturated heterocycles. The van der Waals surface area contributed by atoms with Crippen molar-refractivity contribution in [1.82, 2.24) is 20.1 Å². The van der Waals surface area contributed by atoms with Gasteiger partial charge in [-0.1, -0.05) is 10.3 Å². The van der Waals surface area contributed by atoms with E-state index in [1.807, 2.05) is 27.7 Å². The highest BCUT2D eigenvalue weighted by Gasteiger charge is 2.26. The number of aryl methyl sites for hydroxylation is 4. The summed E-state index contributed by atoms with van der Waals surface area (Å²) in [6.07, 6.45) is 0. The molecule has 0 bridgehead atoms. The first kappa shape index (κ1) is 16.2. The standard InChI is InChI=1S/C17H26N4O2/c1-11-8-20(9-16-12(2)18-22-14(16)4)6-7-21(11)10-17-13(3)19-23-15(17)5/h11H,6-10H2,1-5H3/t11-/m0/s1. The zero-order valence-corrected chi connectivity index (χ0v) is 14.7. The molecule has 1 fully saturated rings. The largest absolute Gasteiger partial charge is 0.361 e. The Labute approximate surface area is 137 Å². The van der Waals surface area contributed by atoms with Crippen LogP contribution in [0.1, 0.15) is 41.0 Å². The Balaban J connectivity index is 1.61. The van der Waals surface area contributed by atoms with E-state index >= 15 is 0 Å². The van der Waals surface area contributed by atoms with Gasteiger partial charge in [-0.25, -0.2) is 0 Å². The van der Waals surface area contributed by atoms with Crippen molar-refractivity contribution in [3.63, 3.8) is 0 Å². The summed E-state index contributed by atoms with van der Waals surface area (Å²) in [7, 11) is 0. The Morgan fingerprint density at radius 1 is 0.913 bits per heavy atom. The van der Waals surface area contributed by atoms with E-state index in [2.05, 4.69) is 27.0 Å². The highest BCUT2D eigenvalue weighted by atomic mass is 16.5. The van der Waals surface area contributed by atoms with E-state index in [4.69, 9.17) is 9.05 Å². The third kappa shape index (κ3) is 3.33. The molecule has 6 heteroatoms. The summed E-state index contributed by atoms with van der Waals surface area (Å²) in [5, 5.41) is 8.12. The lowest BCUT2D eigenvalue weighted by Crippen LogP contribution is -2.51. The van der Waals surface area contributed by atoms with Crippen molar-refractivity contribution in [2.45, 2.75) is 53.8 Å². The number of rotatable bonds is 4. The second-order valence-electron chi connectivity index (χ2n) is 6.66. The molecule has 0 amide bonds. The van der Waals surface area contributed by atoms with E-state index in [0.29, 0.717) is 6.04 Å². The number of aromatic nitrogens is 2. The second-order valence-corrected chi connectivity index (χ2v) is 6.66. The molecule has 0 radical (unpaired) electrons. The first-order valence-electron chi connectivity index (χ1n) is 8.25. The van der Waals surface area contributed by atoms with Crippen LogP contribution >= 0.6 is 0 Å². The zero-order valence-electron chi connectivity index (χ0n) is 14.7. The van der Waals surface area contributed by atoms with E-state index in [9.17, 15) is 0 Å². The second kappa shape index (κ2) is 6.45. The van der Waals surface area contributed by atoms with Gasteiger partial charge in [-0.3, -0.25) is 9.80 Å². The van der Waals surface area contributed by atoms with E-state index in [1.54, 1.807) is 0 Å². The molecule has 2 aromatic rings. The van der Waals surface area contributed by atoms with Crippen LogP contribution < -0.4 is 0 Å².